The number of para-hydroxylation sites is 1. The summed E-state index contributed by atoms with van der Waals surface area (Å²) >= 11 is 0. The zero-order valence-electron chi connectivity index (χ0n) is 16.8. The van der Waals surface area contributed by atoms with Gasteiger partial charge in [0, 0.05) is 11.1 Å². The van der Waals surface area contributed by atoms with Gasteiger partial charge in [0.25, 0.3) is 0 Å². The number of fused-ring (bicyclic) bond motifs is 1. The van der Waals surface area contributed by atoms with E-state index in [0.717, 1.165) is 22.0 Å². The number of benzene rings is 3. The molecule has 0 aliphatic rings. The van der Waals surface area contributed by atoms with E-state index in [-0.39, 0.29) is 11.6 Å². The van der Waals surface area contributed by atoms with Crippen LogP contribution >= 0.6 is 0 Å². The first-order chi connectivity index (χ1) is 15.1. The summed E-state index contributed by atoms with van der Waals surface area (Å²) in [6, 6.07) is 19.5. The Bertz CT molecular complexity index is 1310. The van der Waals surface area contributed by atoms with Crippen molar-refractivity contribution in [3.05, 3.63) is 108 Å². The third-order valence-electron chi connectivity index (χ3n) is 4.64. The normalized spacial score (nSPS) is 11.4. The summed E-state index contributed by atoms with van der Waals surface area (Å²) in [5, 5.41) is 0.810. The van der Waals surface area contributed by atoms with Crippen molar-refractivity contribution in [2.45, 2.75) is 6.92 Å². The molecule has 1 aromatic heterocycles. The lowest BCUT2D eigenvalue weighted by molar-refractivity contribution is -0.110. The highest BCUT2D eigenvalue weighted by molar-refractivity contribution is 6.04. The molecule has 0 saturated heterocycles. The number of ether oxygens (including phenoxy) is 1. The van der Waals surface area contributed by atoms with E-state index in [2.05, 4.69) is 9.97 Å². The highest BCUT2D eigenvalue weighted by Gasteiger charge is 2.09. The number of hydrogen-bond acceptors (Lipinski definition) is 4. The van der Waals surface area contributed by atoms with Crippen LogP contribution in [0.4, 0.5) is 4.39 Å². The topological polar surface area (TPSA) is 52.1 Å². The Morgan fingerprint density at radius 1 is 0.903 bits per heavy atom. The molecule has 0 radical (unpaired) electrons. The Balaban J connectivity index is 1.56. The average molecular weight is 410 g/mol. The highest BCUT2D eigenvalue weighted by atomic mass is 19.1. The van der Waals surface area contributed by atoms with Crippen LogP contribution < -0.4 is 4.74 Å². The third-order valence-corrected chi connectivity index (χ3v) is 4.64. The number of ketones is 1. The minimum absolute atomic E-state index is 0.263. The molecule has 0 fully saturated rings. The fourth-order valence-electron chi connectivity index (χ4n) is 3.05. The first kappa shape index (κ1) is 20.2. The summed E-state index contributed by atoms with van der Waals surface area (Å²) in [5.74, 6) is 0.370. The van der Waals surface area contributed by atoms with E-state index in [4.69, 9.17) is 4.74 Å². The molecular weight excluding hydrogens is 391 g/mol. The summed E-state index contributed by atoms with van der Waals surface area (Å²) in [7, 11) is 0. The van der Waals surface area contributed by atoms with Gasteiger partial charge in [-0.15, -0.1) is 0 Å². The third kappa shape index (κ3) is 4.90. The summed E-state index contributed by atoms with van der Waals surface area (Å²) in [5.41, 5.74) is 2.94. The Morgan fingerprint density at radius 2 is 1.61 bits per heavy atom. The van der Waals surface area contributed by atoms with E-state index in [0.29, 0.717) is 17.2 Å². The van der Waals surface area contributed by atoms with E-state index in [1.54, 1.807) is 24.3 Å². The molecule has 4 nitrogen and oxygen atoms in total. The van der Waals surface area contributed by atoms with Crippen LogP contribution in [0.15, 0.2) is 85.2 Å². The smallest absolute Gasteiger partial charge is 0.230 e. The standard InChI is InChI=1S/C26H19FN2O2/c1-18-10-15-24-22(16-18)26(29-17-28-24)31-25-9-5-3-7-20(25)12-14-21(30)13-11-19-6-2-4-8-23(19)27/h2-17H,1H3/b13-11+,14-12+. The van der Waals surface area contributed by atoms with Gasteiger partial charge in [0.05, 0.1) is 10.9 Å². The number of aryl methyl sites for hydroxylation is 1. The second kappa shape index (κ2) is 9.13. The lowest BCUT2D eigenvalue weighted by Crippen LogP contribution is -1.94. The number of aromatic nitrogens is 2. The molecule has 0 aliphatic heterocycles. The summed E-state index contributed by atoms with van der Waals surface area (Å²) in [4.78, 5) is 20.8. The van der Waals surface area contributed by atoms with Crippen LogP contribution in [-0.2, 0) is 4.79 Å². The van der Waals surface area contributed by atoms with Gasteiger partial charge in [-0.3, -0.25) is 4.79 Å². The van der Waals surface area contributed by atoms with Crippen LogP contribution in [0.1, 0.15) is 16.7 Å². The van der Waals surface area contributed by atoms with Gasteiger partial charge in [0.15, 0.2) is 5.78 Å². The van der Waals surface area contributed by atoms with Crippen LogP contribution in [0, 0.1) is 12.7 Å². The van der Waals surface area contributed by atoms with Gasteiger partial charge in [-0.1, -0.05) is 48.0 Å². The molecule has 0 unspecified atom stereocenters. The van der Waals surface area contributed by atoms with Gasteiger partial charge < -0.3 is 4.74 Å². The molecule has 3 aromatic carbocycles. The van der Waals surface area contributed by atoms with Crippen molar-refractivity contribution in [2.75, 3.05) is 0 Å². The Hall–Kier alpha value is -4.12. The predicted octanol–water partition coefficient (Wildman–Crippen LogP) is 6.17. The molecule has 0 bridgehead atoms. The second-order valence-corrected chi connectivity index (χ2v) is 6.93. The first-order valence-electron chi connectivity index (χ1n) is 9.73. The van der Waals surface area contributed by atoms with Crippen LogP contribution in [0.2, 0.25) is 0 Å². The molecule has 0 N–H and O–H groups in total. The Kier molecular flexibility index (Phi) is 5.94. The maximum atomic E-state index is 13.7. The van der Waals surface area contributed by atoms with Gasteiger partial charge in [-0.05, 0) is 55.5 Å². The quantitative estimate of drug-likeness (QED) is 0.357. The molecule has 0 aliphatic carbocycles. The van der Waals surface area contributed by atoms with Crippen molar-refractivity contribution < 1.29 is 13.9 Å². The summed E-state index contributed by atoms with van der Waals surface area (Å²) in [6.07, 6.45) is 7.33. The van der Waals surface area contributed by atoms with Crippen LogP contribution in [0.25, 0.3) is 23.1 Å². The summed E-state index contributed by atoms with van der Waals surface area (Å²) < 4.78 is 19.8. The van der Waals surface area contributed by atoms with Gasteiger partial charge in [0.1, 0.15) is 17.9 Å². The van der Waals surface area contributed by atoms with Crippen molar-refractivity contribution in [3.63, 3.8) is 0 Å². The van der Waals surface area contributed by atoms with E-state index in [1.807, 2.05) is 49.4 Å². The number of rotatable bonds is 6. The molecule has 4 rings (SSSR count). The highest BCUT2D eigenvalue weighted by Crippen LogP contribution is 2.30. The molecule has 0 atom stereocenters. The van der Waals surface area contributed by atoms with Crippen molar-refractivity contribution in [2.24, 2.45) is 0 Å². The lowest BCUT2D eigenvalue weighted by Gasteiger charge is -2.10. The van der Waals surface area contributed by atoms with Crippen LogP contribution in [0.5, 0.6) is 11.6 Å². The van der Waals surface area contributed by atoms with Gasteiger partial charge in [0.2, 0.25) is 5.88 Å². The number of hydrogen-bond donors (Lipinski definition) is 0. The van der Waals surface area contributed by atoms with E-state index in [1.165, 1.54) is 30.6 Å². The molecular formula is C26H19FN2O2. The van der Waals surface area contributed by atoms with Crippen molar-refractivity contribution in [1.82, 2.24) is 9.97 Å². The fraction of sp³-hybridized carbons (Fsp3) is 0.0385. The zero-order valence-corrected chi connectivity index (χ0v) is 16.8. The van der Waals surface area contributed by atoms with Gasteiger partial charge in [-0.25, -0.2) is 14.4 Å². The fourth-order valence-corrected chi connectivity index (χ4v) is 3.05. The van der Waals surface area contributed by atoms with Gasteiger partial charge >= 0.3 is 0 Å². The van der Waals surface area contributed by atoms with Crippen molar-refractivity contribution in [1.29, 1.82) is 0 Å². The number of nitrogens with zero attached hydrogens (tertiary/aromatic N) is 2. The average Bonchev–Trinajstić information content (AvgIpc) is 2.78. The first-order valence-corrected chi connectivity index (χ1v) is 9.73. The number of allylic oxidation sites excluding steroid dienone is 2. The minimum Gasteiger partial charge on any atom is -0.438 e. The molecule has 4 aromatic rings. The molecule has 1 heterocycles. The molecule has 0 saturated carbocycles. The molecule has 0 amide bonds. The number of carbonyl (C=O) groups is 1. The molecule has 5 heteroatoms. The van der Waals surface area contributed by atoms with Gasteiger partial charge in [-0.2, -0.15) is 0 Å². The number of halogens is 1. The van der Waals surface area contributed by atoms with Crippen molar-refractivity contribution >= 4 is 28.8 Å². The predicted molar refractivity (Wildman–Crippen MR) is 120 cm³/mol. The lowest BCUT2D eigenvalue weighted by atomic mass is 10.1. The minimum atomic E-state index is -0.374. The maximum Gasteiger partial charge on any atom is 0.230 e. The summed E-state index contributed by atoms with van der Waals surface area (Å²) in [6.45, 7) is 1.99. The maximum absolute atomic E-state index is 13.7. The SMILES string of the molecule is Cc1ccc2ncnc(Oc3ccccc3/C=C/C(=O)/C=C/c3ccccc3F)c2c1. The van der Waals surface area contributed by atoms with Crippen LogP contribution in [0.3, 0.4) is 0 Å². The Labute approximate surface area is 179 Å². The number of carbonyl (C=O) groups excluding carboxylic acids is 1. The molecule has 152 valence electrons. The second-order valence-electron chi connectivity index (χ2n) is 6.93. The largest absolute Gasteiger partial charge is 0.438 e. The van der Waals surface area contributed by atoms with E-state index < -0.39 is 0 Å². The Morgan fingerprint density at radius 3 is 2.42 bits per heavy atom. The zero-order chi connectivity index (χ0) is 21.6. The van der Waals surface area contributed by atoms with Crippen LogP contribution in [-0.4, -0.2) is 15.8 Å². The molecule has 0 spiro atoms. The van der Waals surface area contributed by atoms with E-state index in [9.17, 15) is 9.18 Å². The molecule has 31 heavy (non-hydrogen) atoms. The van der Waals surface area contributed by atoms with Crippen molar-refractivity contribution in [3.8, 4) is 11.6 Å². The monoisotopic (exact) mass is 410 g/mol. The van der Waals surface area contributed by atoms with E-state index >= 15 is 0 Å².